The van der Waals surface area contributed by atoms with Crippen molar-refractivity contribution in [3.8, 4) is 28.5 Å². The minimum atomic E-state index is -0.977. The normalized spacial score (nSPS) is 10.4. The van der Waals surface area contributed by atoms with E-state index in [4.69, 9.17) is 14.2 Å². The zero-order valence-corrected chi connectivity index (χ0v) is 18.6. The third-order valence-electron chi connectivity index (χ3n) is 4.38. The number of amides is 1. The summed E-state index contributed by atoms with van der Waals surface area (Å²) in [5, 5.41) is 22.1. The molecule has 10 nitrogen and oxygen atoms in total. The van der Waals surface area contributed by atoms with E-state index in [1.807, 2.05) is 0 Å². The van der Waals surface area contributed by atoms with E-state index >= 15 is 0 Å². The molecule has 0 unspecified atom stereocenters. The predicted molar refractivity (Wildman–Crippen MR) is 120 cm³/mol. The van der Waals surface area contributed by atoms with Crippen LogP contribution in [0.4, 0.5) is 15.8 Å². The molecular weight excluding hydrogens is 455 g/mol. The standard InChI is InChI=1S/C21H19FN4O6S/c1-30-17-8-12(9-18(31-2)21(17)32-3)15-6-7-20(25-24-15)33-11-19(27)23-13-4-5-14(22)16(10-13)26(28)29/h4-10H,11H2,1-3H3,(H,23,27). The first-order chi connectivity index (χ1) is 15.9. The lowest BCUT2D eigenvalue weighted by Gasteiger charge is -2.13. The van der Waals surface area contributed by atoms with Crippen LogP contribution in [0.5, 0.6) is 17.2 Å². The summed E-state index contributed by atoms with van der Waals surface area (Å²) in [5.41, 5.74) is 0.664. The number of rotatable bonds is 9. The van der Waals surface area contributed by atoms with Crippen molar-refractivity contribution in [1.82, 2.24) is 10.2 Å². The first-order valence-corrected chi connectivity index (χ1v) is 10.4. The number of carbonyl (C=O) groups is 1. The van der Waals surface area contributed by atoms with Crippen LogP contribution >= 0.6 is 11.8 Å². The summed E-state index contributed by atoms with van der Waals surface area (Å²) in [4.78, 5) is 22.1. The summed E-state index contributed by atoms with van der Waals surface area (Å²) in [6.45, 7) is 0. The Balaban J connectivity index is 1.66. The van der Waals surface area contributed by atoms with E-state index in [0.717, 1.165) is 23.9 Å². The Labute approximate surface area is 192 Å². The lowest BCUT2D eigenvalue weighted by molar-refractivity contribution is -0.387. The minimum Gasteiger partial charge on any atom is -0.493 e. The van der Waals surface area contributed by atoms with Crippen molar-refractivity contribution in [2.24, 2.45) is 0 Å². The summed E-state index contributed by atoms with van der Waals surface area (Å²) >= 11 is 1.12. The molecule has 1 N–H and O–H groups in total. The van der Waals surface area contributed by atoms with Gasteiger partial charge < -0.3 is 19.5 Å². The molecule has 0 atom stereocenters. The fourth-order valence-electron chi connectivity index (χ4n) is 2.85. The molecule has 1 heterocycles. The van der Waals surface area contributed by atoms with Crippen molar-refractivity contribution >= 4 is 29.0 Å². The van der Waals surface area contributed by atoms with E-state index in [1.165, 1.54) is 27.4 Å². The number of nitrogens with zero attached hydrogens (tertiary/aromatic N) is 3. The molecule has 33 heavy (non-hydrogen) atoms. The van der Waals surface area contributed by atoms with Gasteiger partial charge in [-0.25, -0.2) is 0 Å². The average Bonchev–Trinajstić information content (AvgIpc) is 2.83. The van der Waals surface area contributed by atoms with Crippen molar-refractivity contribution in [1.29, 1.82) is 0 Å². The quantitative estimate of drug-likeness (QED) is 0.279. The molecule has 1 aromatic heterocycles. The Hall–Kier alpha value is -3.93. The predicted octanol–water partition coefficient (Wildman–Crippen LogP) is 3.95. The molecule has 2 aromatic carbocycles. The second-order valence-corrected chi connectivity index (χ2v) is 7.43. The van der Waals surface area contributed by atoms with Gasteiger partial charge in [0, 0.05) is 17.3 Å². The highest BCUT2D eigenvalue weighted by Gasteiger charge is 2.17. The van der Waals surface area contributed by atoms with Gasteiger partial charge in [-0.1, -0.05) is 11.8 Å². The van der Waals surface area contributed by atoms with Gasteiger partial charge >= 0.3 is 5.69 Å². The summed E-state index contributed by atoms with van der Waals surface area (Å²) in [6.07, 6.45) is 0. The van der Waals surface area contributed by atoms with E-state index in [9.17, 15) is 19.3 Å². The number of carbonyl (C=O) groups excluding carboxylic acids is 1. The Kier molecular flexibility index (Phi) is 7.61. The maximum Gasteiger partial charge on any atom is 0.306 e. The fraction of sp³-hybridized carbons (Fsp3) is 0.190. The SMILES string of the molecule is COc1cc(-c2ccc(SCC(=O)Nc3ccc(F)c([N+](=O)[O-])c3)nn2)cc(OC)c1OC. The number of methoxy groups -OCH3 is 3. The Bertz CT molecular complexity index is 1150. The van der Waals surface area contributed by atoms with E-state index in [0.29, 0.717) is 33.5 Å². The van der Waals surface area contributed by atoms with Gasteiger partial charge in [0.25, 0.3) is 0 Å². The van der Waals surface area contributed by atoms with Gasteiger partial charge in [0.05, 0.1) is 37.7 Å². The maximum atomic E-state index is 13.4. The number of nitro benzene ring substituents is 1. The van der Waals surface area contributed by atoms with Crippen LogP contribution in [0.2, 0.25) is 0 Å². The number of anilines is 1. The molecule has 0 aliphatic rings. The van der Waals surface area contributed by atoms with Crippen molar-refractivity contribution in [3.05, 3.63) is 58.4 Å². The molecule has 3 rings (SSSR count). The molecule has 0 aliphatic heterocycles. The molecule has 0 bridgehead atoms. The van der Waals surface area contributed by atoms with Crippen LogP contribution in [-0.2, 0) is 4.79 Å². The van der Waals surface area contributed by atoms with Gasteiger partial charge in [-0.3, -0.25) is 14.9 Å². The van der Waals surface area contributed by atoms with E-state index in [1.54, 1.807) is 24.3 Å². The summed E-state index contributed by atoms with van der Waals surface area (Å²) in [6, 6.07) is 10.1. The van der Waals surface area contributed by atoms with Crippen LogP contribution in [-0.4, -0.2) is 48.1 Å². The number of ether oxygens (including phenoxy) is 3. The van der Waals surface area contributed by atoms with Crippen LogP contribution in [0, 0.1) is 15.9 Å². The van der Waals surface area contributed by atoms with E-state index < -0.39 is 22.3 Å². The van der Waals surface area contributed by atoms with Crippen LogP contribution in [0.1, 0.15) is 0 Å². The first kappa shape index (κ1) is 23.7. The third kappa shape index (κ3) is 5.66. The highest BCUT2D eigenvalue weighted by molar-refractivity contribution is 7.99. The van der Waals surface area contributed by atoms with Gasteiger partial charge in [0.15, 0.2) is 11.5 Å². The zero-order valence-electron chi connectivity index (χ0n) is 17.8. The Morgan fingerprint density at radius 3 is 2.30 bits per heavy atom. The monoisotopic (exact) mass is 474 g/mol. The summed E-state index contributed by atoms with van der Waals surface area (Å²) in [5.74, 6) is -0.0224. The Morgan fingerprint density at radius 2 is 1.76 bits per heavy atom. The minimum absolute atomic E-state index is 0.0244. The lowest BCUT2D eigenvalue weighted by atomic mass is 10.1. The van der Waals surface area contributed by atoms with Gasteiger partial charge in [-0.2, -0.15) is 4.39 Å². The number of benzene rings is 2. The van der Waals surface area contributed by atoms with Gasteiger partial charge in [-0.05, 0) is 36.4 Å². The summed E-state index contributed by atoms with van der Waals surface area (Å²) < 4.78 is 29.4. The van der Waals surface area contributed by atoms with Gasteiger partial charge in [0.1, 0.15) is 5.03 Å². The van der Waals surface area contributed by atoms with Crippen LogP contribution < -0.4 is 19.5 Å². The third-order valence-corrected chi connectivity index (χ3v) is 5.30. The number of nitrogens with one attached hydrogen (secondary N) is 1. The molecule has 1 amide bonds. The number of aromatic nitrogens is 2. The number of hydrogen-bond donors (Lipinski definition) is 1. The maximum absolute atomic E-state index is 13.4. The first-order valence-electron chi connectivity index (χ1n) is 9.37. The van der Waals surface area contributed by atoms with Crippen LogP contribution in [0.15, 0.2) is 47.5 Å². The highest BCUT2D eigenvalue weighted by Crippen LogP contribution is 2.40. The molecule has 0 fully saturated rings. The van der Waals surface area contributed by atoms with Gasteiger partial charge in [-0.15, -0.1) is 10.2 Å². The molecule has 0 spiro atoms. The lowest BCUT2D eigenvalue weighted by Crippen LogP contribution is -2.14. The summed E-state index contributed by atoms with van der Waals surface area (Å²) in [7, 11) is 4.54. The van der Waals surface area contributed by atoms with Crippen LogP contribution in [0.3, 0.4) is 0 Å². The number of hydrogen-bond acceptors (Lipinski definition) is 9. The van der Waals surface area contributed by atoms with Crippen LogP contribution in [0.25, 0.3) is 11.3 Å². The van der Waals surface area contributed by atoms with Crippen molar-refractivity contribution in [3.63, 3.8) is 0 Å². The number of thioether (sulfide) groups is 1. The second-order valence-electron chi connectivity index (χ2n) is 6.43. The number of halogens is 1. The van der Waals surface area contributed by atoms with E-state index in [2.05, 4.69) is 15.5 Å². The second kappa shape index (κ2) is 10.6. The van der Waals surface area contributed by atoms with Crippen molar-refractivity contribution < 1.29 is 28.3 Å². The molecule has 0 aliphatic carbocycles. The Morgan fingerprint density at radius 1 is 1.06 bits per heavy atom. The average molecular weight is 474 g/mol. The van der Waals surface area contributed by atoms with Crippen molar-refractivity contribution in [2.45, 2.75) is 5.03 Å². The molecule has 0 saturated heterocycles. The highest BCUT2D eigenvalue weighted by atomic mass is 32.2. The molecular formula is C21H19FN4O6S. The molecule has 0 radical (unpaired) electrons. The van der Waals surface area contributed by atoms with Gasteiger partial charge in [0.2, 0.25) is 17.5 Å². The largest absolute Gasteiger partial charge is 0.493 e. The number of nitro groups is 1. The zero-order chi connectivity index (χ0) is 24.0. The fourth-order valence-corrected chi connectivity index (χ4v) is 3.46. The molecule has 0 saturated carbocycles. The molecule has 12 heteroatoms. The topological polar surface area (TPSA) is 126 Å². The smallest absolute Gasteiger partial charge is 0.306 e. The molecule has 172 valence electrons. The van der Waals surface area contributed by atoms with Crippen molar-refractivity contribution in [2.75, 3.05) is 32.4 Å². The molecule has 3 aromatic rings. The van der Waals surface area contributed by atoms with E-state index in [-0.39, 0.29) is 11.4 Å².